The Hall–Kier alpha value is -1.65. The van der Waals surface area contributed by atoms with Gasteiger partial charge in [0.25, 0.3) is 0 Å². The molecule has 0 saturated carbocycles. The molecule has 3 nitrogen and oxygen atoms in total. The summed E-state index contributed by atoms with van der Waals surface area (Å²) < 4.78 is 7.04. The summed E-state index contributed by atoms with van der Waals surface area (Å²) in [6, 6.07) is 7.84. The van der Waals surface area contributed by atoms with Gasteiger partial charge in [0.1, 0.15) is 5.01 Å². The number of aryl methyl sites for hydroxylation is 1. The highest BCUT2D eigenvalue weighted by molar-refractivity contribution is 7.14. The molecular weight excluding hydrogens is 280 g/mol. The largest absolute Gasteiger partial charge is 0.244 e. The minimum Gasteiger partial charge on any atom is -0.244 e. The number of rotatable bonds is 3. The Labute approximate surface area is 120 Å². The van der Waals surface area contributed by atoms with Gasteiger partial charge in [0.2, 0.25) is 12.7 Å². The van der Waals surface area contributed by atoms with Crippen LogP contribution in [0, 0.1) is 6.92 Å². The fourth-order valence-corrected chi connectivity index (χ4v) is 2.91. The van der Waals surface area contributed by atoms with E-state index in [1.54, 1.807) is 22.3 Å². The van der Waals surface area contributed by atoms with Crippen molar-refractivity contribution >= 4 is 22.9 Å². The summed E-state index contributed by atoms with van der Waals surface area (Å²) in [5.41, 5.74) is 2.14. The molecule has 0 fully saturated rings. The molecule has 0 unspecified atom stereocenters. The molecule has 1 aromatic carbocycles. The molecule has 5 heteroatoms. The lowest BCUT2D eigenvalue weighted by Crippen LogP contribution is -2.30. The highest BCUT2D eigenvalue weighted by atomic mass is 35.5. The average Bonchev–Trinajstić information content (AvgIpc) is 3.00. The standard InChI is InChI=1S/C14H12ClN2OS/c1-10-8-16-14(19-10)12-5-11(6-13(15)7-12)9-17-3-2-4-18-17/h2-8H,9H2,1H3/q+1. The summed E-state index contributed by atoms with van der Waals surface area (Å²) in [6.45, 7) is 2.70. The molecular formula is C14H12ClN2OS+. The first-order valence-electron chi connectivity index (χ1n) is 5.86. The molecule has 0 atom stereocenters. The van der Waals surface area contributed by atoms with E-state index >= 15 is 0 Å². The minimum absolute atomic E-state index is 0.658. The SMILES string of the molecule is Cc1cnc(-c2cc(Cl)cc(C[n+]3ccco3)c2)s1. The zero-order valence-electron chi connectivity index (χ0n) is 10.3. The number of hydrogen-bond donors (Lipinski definition) is 0. The van der Waals surface area contributed by atoms with Crippen LogP contribution < -0.4 is 4.74 Å². The molecule has 0 aliphatic heterocycles. The van der Waals surface area contributed by atoms with Gasteiger partial charge in [-0.3, -0.25) is 0 Å². The van der Waals surface area contributed by atoms with E-state index in [0.717, 1.165) is 16.1 Å². The van der Waals surface area contributed by atoms with Crippen LogP contribution in [0.5, 0.6) is 0 Å². The number of benzene rings is 1. The number of aromatic nitrogens is 2. The van der Waals surface area contributed by atoms with Crippen LogP contribution >= 0.6 is 22.9 Å². The van der Waals surface area contributed by atoms with E-state index in [-0.39, 0.29) is 0 Å². The second-order valence-electron chi connectivity index (χ2n) is 4.28. The number of nitrogens with zero attached hydrogens (tertiary/aromatic N) is 2. The molecule has 0 bridgehead atoms. The summed E-state index contributed by atoms with van der Waals surface area (Å²) in [7, 11) is 0. The lowest BCUT2D eigenvalue weighted by atomic mass is 10.1. The molecule has 19 heavy (non-hydrogen) atoms. The van der Waals surface area contributed by atoms with Crippen molar-refractivity contribution in [1.82, 2.24) is 4.98 Å². The third kappa shape index (κ3) is 2.85. The Morgan fingerprint density at radius 1 is 1.37 bits per heavy atom. The van der Waals surface area contributed by atoms with Crippen LogP contribution in [0.4, 0.5) is 0 Å². The molecule has 3 rings (SSSR count). The summed E-state index contributed by atoms with van der Waals surface area (Å²) in [5, 5.41) is 1.71. The van der Waals surface area contributed by atoms with Gasteiger partial charge in [-0.15, -0.1) is 11.3 Å². The highest BCUT2D eigenvalue weighted by Crippen LogP contribution is 2.28. The second kappa shape index (κ2) is 5.15. The van der Waals surface area contributed by atoms with Gasteiger partial charge in [-0.2, -0.15) is 0 Å². The van der Waals surface area contributed by atoms with Crippen LogP contribution in [0.25, 0.3) is 10.6 Å². The Morgan fingerprint density at radius 2 is 2.26 bits per heavy atom. The van der Waals surface area contributed by atoms with E-state index in [0.29, 0.717) is 11.6 Å². The van der Waals surface area contributed by atoms with Crippen LogP contribution in [-0.2, 0) is 6.54 Å². The number of thiazole rings is 1. The zero-order valence-corrected chi connectivity index (χ0v) is 11.9. The lowest BCUT2D eigenvalue weighted by Gasteiger charge is -2.01. The van der Waals surface area contributed by atoms with E-state index in [1.165, 1.54) is 4.88 Å². The van der Waals surface area contributed by atoms with Crippen molar-refractivity contribution in [2.75, 3.05) is 0 Å². The topological polar surface area (TPSA) is 29.9 Å². The Bertz CT molecular complexity index is 691. The maximum Gasteiger partial charge on any atom is 0.220 e. The number of halogens is 1. The van der Waals surface area contributed by atoms with Crippen LogP contribution in [-0.4, -0.2) is 4.98 Å². The minimum atomic E-state index is 0.658. The quantitative estimate of drug-likeness (QED) is 0.689. The van der Waals surface area contributed by atoms with Crippen molar-refractivity contribution in [1.29, 1.82) is 0 Å². The third-order valence-corrected chi connectivity index (χ3v) is 3.87. The monoisotopic (exact) mass is 291 g/mol. The van der Waals surface area contributed by atoms with Gasteiger partial charge in [-0.05, 0) is 29.9 Å². The molecule has 0 N–H and O–H groups in total. The van der Waals surface area contributed by atoms with Crippen molar-refractivity contribution in [3.05, 3.63) is 58.4 Å². The average molecular weight is 292 g/mol. The van der Waals surface area contributed by atoms with Gasteiger partial charge in [-0.1, -0.05) is 11.6 Å². The fourth-order valence-electron chi connectivity index (χ4n) is 1.90. The van der Waals surface area contributed by atoms with Crippen LogP contribution in [0.1, 0.15) is 10.4 Å². The molecule has 0 radical (unpaired) electrons. The van der Waals surface area contributed by atoms with Crippen molar-refractivity contribution in [2.24, 2.45) is 0 Å². The van der Waals surface area contributed by atoms with Crippen molar-refractivity contribution < 1.29 is 9.26 Å². The summed E-state index contributed by atoms with van der Waals surface area (Å²) in [5.74, 6) is 0. The van der Waals surface area contributed by atoms with Gasteiger partial charge in [0.05, 0.1) is 0 Å². The smallest absolute Gasteiger partial charge is 0.220 e. The fraction of sp³-hybridized carbons (Fsp3) is 0.143. The first-order valence-corrected chi connectivity index (χ1v) is 7.06. The second-order valence-corrected chi connectivity index (χ2v) is 5.95. The predicted octanol–water partition coefficient (Wildman–Crippen LogP) is 3.70. The molecule has 2 heterocycles. The highest BCUT2D eigenvalue weighted by Gasteiger charge is 2.10. The Kier molecular flexibility index (Phi) is 3.36. The van der Waals surface area contributed by atoms with Crippen LogP contribution in [0.3, 0.4) is 0 Å². The van der Waals surface area contributed by atoms with Gasteiger partial charge in [0.15, 0.2) is 6.26 Å². The molecule has 3 aromatic rings. The van der Waals surface area contributed by atoms with Crippen LogP contribution in [0.2, 0.25) is 5.02 Å². The molecule has 0 aliphatic carbocycles. The van der Waals surface area contributed by atoms with Crippen molar-refractivity contribution in [2.45, 2.75) is 13.5 Å². The molecule has 0 aliphatic rings. The van der Waals surface area contributed by atoms with Crippen molar-refractivity contribution in [3.63, 3.8) is 0 Å². The number of hydrogen-bond acceptors (Lipinski definition) is 3. The van der Waals surface area contributed by atoms with E-state index in [4.69, 9.17) is 16.1 Å². The molecule has 2 aromatic heterocycles. The van der Waals surface area contributed by atoms with Crippen LogP contribution in [0.15, 0.2) is 47.4 Å². The van der Waals surface area contributed by atoms with E-state index in [1.807, 2.05) is 37.5 Å². The van der Waals surface area contributed by atoms with Gasteiger partial charge in [-0.25, -0.2) is 9.51 Å². The maximum atomic E-state index is 6.18. The van der Waals surface area contributed by atoms with Gasteiger partial charge >= 0.3 is 0 Å². The Morgan fingerprint density at radius 3 is 2.95 bits per heavy atom. The van der Waals surface area contributed by atoms with Gasteiger partial charge < -0.3 is 0 Å². The molecule has 0 spiro atoms. The lowest BCUT2D eigenvalue weighted by molar-refractivity contribution is -0.857. The zero-order chi connectivity index (χ0) is 13.2. The van der Waals surface area contributed by atoms with Crippen molar-refractivity contribution in [3.8, 4) is 10.6 Å². The first-order chi connectivity index (χ1) is 9.20. The van der Waals surface area contributed by atoms with E-state index < -0.39 is 0 Å². The normalized spacial score (nSPS) is 10.8. The van der Waals surface area contributed by atoms with Gasteiger partial charge in [0, 0.05) is 33.3 Å². The maximum absolute atomic E-state index is 6.18. The summed E-state index contributed by atoms with van der Waals surface area (Å²) >= 11 is 7.85. The molecule has 0 amide bonds. The van der Waals surface area contributed by atoms with E-state index in [2.05, 4.69) is 11.1 Å². The van der Waals surface area contributed by atoms with E-state index in [9.17, 15) is 0 Å². The molecule has 0 saturated heterocycles. The third-order valence-electron chi connectivity index (χ3n) is 2.69. The first kappa shape index (κ1) is 12.4. The summed E-state index contributed by atoms with van der Waals surface area (Å²) in [6.07, 6.45) is 5.41. The molecule has 96 valence electrons. The predicted molar refractivity (Wildman–Crippen MR) is 75.3 cm³/mol. The Balaban J connectivity index is 1.96. The summed E-state index contributed by atoms with van der Waals surface area (Å²) in [4.78, 5) is 5.59.